The average molecular weight is 245 g/mol. The normalized spacial score (nSPS) is 10.5. The molecule has 0 fully saturated rings. The summed E-state index contributed by atoms with van der Waals surface area (Å²) in [5, 5.41) is 0.940. The molecule has 2 nitrogen and oxygen atoms in total. The van der Waals surface area contributed by atoms with Crippen LogP contribution in [-0.4, -0.2) is 10.8 Å². The van der Waals surface area contributed by atoms with Crippen molar-refractivity contribution < 1.29 is 4.79 Å². The Morgan fingerprint density at radius 1 is 1.24 bits per heavy atom. The third-order valence-corrected chi connectivity index (χ3v) is 3.65. The van der Waals surface area contributed by atoms with Crippen molar-refractivity contribution in [2.75, 3.05) is 0 Å². The van der Waals surface area contributed by atoms with Gasteiger partial charge in [-0.3, -0.25) is 4.79 Å². The summed E-state index contributed by atoms with van der Waals surface area (Å²) in [6.07, 6.45) is 3.16. The van der Waals surface area contributed by atoms with Gasteiger partial charge in [-0.2, -0.15) is 0 Å². The van der Waals surface area contributed by atoms with E-state index >= 15 is 0 Å². The topological polar surface area (TPSA) is 30.0 Å². The summed E-state index contributed by atoms with van der Waals surface area (Å²) < 4.78 is 0. The van der Waals surface area contributed by atoms with Gasteiger partial charge in [0, 0.05) is 12.6 Å². The van der Waals surface area contributed by atoms with E-state index in [2.05, 4.69) is 24.0 Å². The predicted octanol–water partition coefficient (Wildman–Crippen LogP) is 3.44. The van der Waals surface area contributed by atoms with Crippen molar-refractivity contribution in [1.29, 1.82) is 0 Å². The lowest BCUT2D eigenvalue weighted by Crippen LogP contribution is -2.01. The van der Waals surface area contributed by atoms with E-state index in [4.69, 9.17) is 0 Å². The van der Waals surface area contributed by atoms with E-state index in [1.807, 2.05) is 19.1 Å². The molecule has 0 spiro atoms. The van der Waals surface area contributed by atoms with Crippen molar-refractivity contribution >= 4 is 17.1 Å². The second-order valence-electron chi connectivity index (χ2n) is 4.01. The molecule has 3 heteroatoms. The first-order valence-corrected chi connectivity index (χ1v) is 6.54. The number of Topliss-reactive ketones (excluding diaryl/α,β-unsaturated/α-hetero) is 1. The maximum Gasteiger partial charge on any atom is 0.178 e. The van der Waals surface area contributed by atoms with E-state index in [9.17, 15) is 4.79 Å². The van der Waals surface area contributed by atoms with Crippen LogP contribution in [-0.2, 0) is 12.8 Å². The minimum absolute atomic E-state index is 0.153. The Morgan fingerprint density at radius 2 is 1.88 bits per heavy atom. The Bertz CT molecular complexity index is 513. The van der Waals surface area contributed by atoms with Gasteiger partial charge in [0.05, 0.1) is 9.88 Å². The fourth-order valence-electron chi connectivity index (χ4n) is 1.66. The number of ketones is 1. The van der Waals surface area contributed by atoms with Gasteiger partial charge >= 0.3 is 0 Å². The zero-order valence-electron chi connectivity index (χ0n) is 10.1. The first kappa shape index (κ1) is 12.0. The highest BCUT2D eigenvalue weighted by atomic mass is 32.1. The van der Waals surface area contributed by atoms with Crippen molar-refractivity contribution in [3.63, 3.8) is 0 Å². The van der Waals surface area contributed by atoms with Gasteiger partial charge in [0.15, 0.2) is 5.78 Å². The van der Waals surface area contributed by atoms with Crippen molar-refractivity contribution in [2.24, 2.45) is 0 Å². The molecule has 0 saturated heterocycles. The number of hydrogen-bond acceptors (Lipinski definition) is 3. The average Bonchev–Trinajstić information content (AvgIpc) is 2.77. The molecule has 0 atom stereocenters. The van der Waals surface area contributed by atoms with Gasteiger partial charge in [0.1, 0.15) is 0 Å². The molecule has 0 bridgehead atoms. The summed E-state index contributed by atoms with van der Waals surface area (Å²) in [6.45, 7) is 4.04. The molecule has 0 unspecified atom stereocenters. The summed E-state index contributed by atoms with van der Waals surface area (Å²) in [7, 11) is 0. The number of thiazole rings is 1. The highest BCUT2D eigenvalue weighted by Gasteiger charge is 2.09. The number of aryl methyl sites for hydroxylation is 2. The molecule has 1 aromatic carbocycles. The lowest BCUT2D eigenvalue weighted by molar-refractivity contribution is 0.0996. The summed E-state index contributed by atoms with van der Waals surface area (Å²) in [5.74, 6) is 0.153. The Morgan fingerprint density at radius 3 is 2.41 bits per heavy atom. The van der Waals surface area contributed by atoms with Crippen molar-refractivity contribution in [3.8, 4) is 0 Å². The fourth-order valence-corrected chi connectivity index (χ4v) is 2.37. The van der Waals surface area contributed by atoms with Crippen LogP contribution < -0.4 is 0 Å². The second kappa shape index (κ2) is 5.23. The largest absolute Gasteiger partial charge is 0.293 e. The second-order valence-corrected chi connectivity index (χ2v) is 5.25. The molecule has 17 heavy (non-hydrogen) atoms. The van der Waals surface area contributed by atoms with Crippen LogP contribution in [0.4, 0.5) is 0 Å². The van der Waals surface area contributed by atoms with E-state index in [1.165, 1.54) is 16.9 Å². The molecule has 0 radical (unpaired) electrons. The Labute approximate surface area is 105 Å². The summed E-state index contributed by atoms with van der Waals surface area (Å²) in [5.41, 5.74) is 2.37. The molecule has 0 aliphatic rings. The van der Waals surface area contributed by atoms with Gasteiger partial charge in [-0.25, -0.2) is 4.98 Å². The molecule has 0 saturated carbocycles. The smallest absolute Gasteiger partial charge is 0.178 e. The van der Waals surface area contributed by atoms with Crippen molar-refractivity contribution in [2.45, 2.75) is 26.7 Å². The zero-order valence-corrected chi connectivity index (χ0v) is 10.9. The summed E-state index contributed by atoms with van der Waals surface area (Å²) in [4.78, 5) is 16.8. The lowest BCUT2D eigenvalue weighted by atomic mass is 10.1. The highest BCUT2D eigenvalue weighted by molar-refractivity contribution is 7.13. The number of benzene rings is 1. The standard InChI is InChI=1S/C14H15NOS/c1-3-11-4-6-12(7-5-11)8-13(16)14-9-15-10(2)17-14/h4-7,9H,3,8H2,1-2H3. The summed E-state index contributed by atoms with van der Waals surface area (Å²) in [6, 6.07) is 8.23. The van der Waals surface area contributed by atoms with Crippen LogP contribution in [0.2, 0.25) is 0 Å². The SMILES string of the molecule is CCc1ccc(CC(=O)c2cnc(C)s2)cc1. The number of aromatic nitrogens is 1. The molecule has 0 amide bonds. The maximum absolute atomic E-state index is 12.0. The minimum Gasteiger partial charge on any atom is -0.293 e. The van der Waals surface area contributed by atoms with E-state index in [0.29, 0.717) is 6.42 Å². The van der Waals surface area contributed by atoms with Crippen molar-refractivity contribution in [1.82, 2.24) is 4.98 Å². The van der Waals surface area contributed by atoms with E-state index < -0.39 is 0 Å². The van der Waals surface area contributed by atoms with E-state index in [0.717, 1.165) is 21.9 Å². The number of rotatable bonds is 4. The van der Waals surface area contributed by atoms with Crippen LogP contribution in [0.3, 0.4) is 0 Å². The molecule has 0 N–H and O–H groups in total. The number of carbonyl (C=O) groups is 1. The van der Waals surface area contributed by atoms with Gasteiger partial charge in [-0.15, -0.1) is 11.3 Å². The van der Waals surface area contributed by atoms with E-state index in [1.54, 1.807) is 6.20 Å². The molecular formula is C14H15NOS. The lowest BCUT2D eigenvalue weighted by Gasteiger charge is -2.01. The van der Waals surface area contributed by atoms with Crippen LogP contribution in [0, 0.1) is 6.92 Å². The molecule has 2 rings (SSSR count). The highest BCUT2D eigenvalue weighted by Crippen LogP contribution is 2.15. The van der Waals surface area contributed by atoms with Crippen LogP contribution >= 0.6 is 11.3 Å². The van der Waals surface area contributed by atoms with Crippen LogP contribution in [0.5, 0.6) is 0 Å². The first-order chi connectivity index (χ1) is 8.19. The van der Waals surface area contributed by atoms with Crippen LogP contribution in [0.25, 0.3) is 0 Å². The van der Waals surface area contributed by atoms with Gasteiger partial charge in [0.25, 0.3) is 0 Å². The van der Waals surface area contributed by atoms with Crippen molar-refractivity contribution in [3.05, 3.63) is 51.5 Å². The Kier molecular flexibility index (Phi) is 3.69. The minimum atomic E-state index is 0.153. The molecule has 0 aliphatic carbocycles. The van der Waals surface area contributed by atoms with Crippen LogP contribution in [0.15, 0.2) is 30.5 Å². The Balaban J connectivity index is 2.07. The molecule has 88 valence electrons. The monoisotopic (exact) mass is 245 g/mol. The predicted molar refractivity (Wildman–Crippen MR) is 70.7 cm³/mol. The summed E-state index contributed by atoms with van der Waals surface area (Å²) >= 11 is 1.46. The molecule has 1 aromatic heterocycles. The third kappa shape index (κ3) is 3.01. The maximum atomic E-state index is 12.0. The van der Waals surface area contributed by atoms with E-state index in [-0.39, 0.29) is 5.78 Å². The van der Waals surface area contributed by atoms with Gasteiger partial charge in [-0.05, 0) is 24.5 Å². The fraction of sp³-hybridized carbons (Fsp3) is 0.286. The molecular weight excluding hydrogens is 230 g/mol. The first-order valence-electron chi connectivity index (χ1n) is 5.72. The quantitative estimate of drug-likeness (QED) is 0.772. The molecule has 2 aromatic rings. The zero-order chi connectivity index (χ0) is 12.3. The number of hydrogen-bond donors (Lipinski definition) is 0. The number of carbonyl (C=O) groups excluding carboxylic acids is 1. The molecule has 1 heterocycles. The van der Waals surface area contributed by atoms with Gasteiger partial charge in [-0.1, -0.05) is 31.2 Å². The molecule has 0 aliphatic heterocycles. The number of nitrogens with zero attached hydrogens (tertiary/aromatic N) is 1. The Hall–Kier alpha value is -1.48. The van der Waals surface area contributed by atoms with Crippen LogP contribution in [0.1, 0.15) is 32.7 Å². The van der Waals surface area contributed by atoms with Gasteiger partial charge < -0.3 is 0 Å². The third-order valence-electron chi connectivity index (χ3n) is 2.69. The van der Waals surface area contributed by atoms with Gasteiger partial charge in [0.2, 0.25) is 0 Å².